The first kappa shape index (κ1) is 13.2. The molecule has 1 rings (SSSR count). The van der Waals surface area contributed by atoms with Crippen LogP contribution in [0.2, 0.25) is 0 Å². The van der Waals surface area contributed by atoms with Crippen LogP contribution in [0.3, 0.4) is 0 Å². The lowest BCUT2D eigenvalue weighted by Crippen LogP contribution is -2.33. The molecule has 1 aromatic carbocycles. The Labute approximate surface area is 100 Å². The third-order valence-corrected chi connectivity index (χ3v) is 2.34. The van der Waals surface area contributed by atoms with Gasteiger partial charge in [0.25, 0.3) is 5.91 Å². The van der Waals surface area contributed by atoms with Crippen LogP contribution in [0.25, 0.3) is 0 Å². The number of nitrogens with zero attached hydrogens (tertiary/aromatic N) is 1. The normalized spacial score (nSPS) is 11.6. The van der Waals surface area contributed by atoms with Crippen molar-refractivity contribution in [3.05, 3.63) is 35.1 Å². The highest BCUT2D eigenvalue weighted by molar-refractivity contribution is 5.94. The molecule has 4 heteroatoms. The zero-order valence-electron chi connectivity index (χ0n) is 9.96. The quantitative estimate of drug-likeness (QED) is 0.870. The molecule has 0 aromatic heterocycles. The van der Waals surface area contributed by atoms with Crippen molar-refractivity contribution in [3.8, 4) is 6.07 Å². The van der Waals surface area contributed by atoms with Crippen LogP contribution in [-0.4, -0.2) is 11.9 Å². The molecule has 0 fully saturated rings. The zero-order valence-corrected chi connectivity index (χ0v) is 9.96. The molecule has 0 spiro atoms. The number of benzene rings is 1. The molecule has 0 heterocycles. The number of aryl methyl sites for hydroxylation is 1. The monoisotopic (exact) mass is 234 g/mol. The van der Waals surface area contributed by atoms with Crippen molar-refractivity contribution >= 4 is 5.91 Å². The lowest BCUT2D eigenvalue weighted by molar-refractivity contribution is 0.0943. The van der Waals surface area contributed by atoms with Gasteiger partial charge in [0, 0.05) is 5.56 Å². The fourth-order valence-electron chi connectivity index (χ4n) is 1.57. The number of rotatable bonds is 4. The van der Waals surface area contributed by atoms with Gasteiger partial charge in [-0.15, -0.1) is 0 Å². The largest absolute Gasteiger partial charge is 0.336 e. The lowest BCUT2D eigenvalue weighted by atomic mass is 10.1. The molecule has 0 aliphatic carbocycles. The molecule has 0 bridgehead atoms. The van der Waals surface area contributed by atoms with Crippen molar-refractivity contribution in [2.75, 3.05) is 0 Å². The van der Waals surface area contributed by atoms with E-state index < -0.39 is 17.8 Å². The highest BCUT2D eigenvalue weighted by Gasteiger charge is 2.13. The second-order valence-corrected chi connectivity index (χ2v) is 3.96. The maximum Gasteiger partial charge on any atom is 0.252 e. The van der Waals surface area contributed by atoms with Crippen LogP contribution >= 0.6 is 0 Å². The molecular weight excluding hydrogens is 219 g/mol. The van der Waals surface area contributed by atoms with Crippen LogP contribution < -0.4 is 5.32 Å². The number of hydrogen-bond donors (Lipinski definition) is 1. The number of amides is 1. The van der Waals surface area contributed by atoms with Gasteiger partial charge in [0.2, 0.25) is 0 Å². The standard InChI is InChI=1S/C13H15FN2O/c1-3-4-12(8-15)16-13(17)10-5-9(2)6-11(14)7-10/h5-7,12H,3-4H2,1-2H3,(H,16,17). The minimum atomic E-state index is -0.518. The minimum Gasteiger partial charge on any atom is -0.336 e. The average Bonchev–Trinajstić information content (AvgIpc) is 2.27. The topological polar surface area (TPSA) is 52.9 Å². The maximum atomic E-state index is 13.1. The summed E-state index contributed by atoms with van der Waals surface area (Å²) in [5.74, 6) is -0.855. The van der Waals surface area contributed by atoms with Gasteiger partial charge in [-0.2, -0.15) is 5.26 Å². The Balaban J connectivity index is 2.79. The van der Waals surface area contributed by atoms with Crippen LogP contribution in [0.5, 0.6) is 0 Å². The summed E-state index contributed by atoms with van der Waals surface area (Å²) < 4.78 is 13.1. The molecule has 3 nitrogen and oxygen atoms in total. The Morgan fingerprint density at radius 3 is 2.76 bits per heavy atom. The first-order valence-electron chi connectivity index (χ1n) is 5.54. The van der Waals surface area contributed by atoms with Crippen LogP contribution in [-0.2, 0) is 0 Å². The summed E-state index contributed by atoms with van der Waals surface area (Å²) in [7, 11) is 0. The fraction of sp³-hybridized carbons (Fsp3) is 0.385. The van der Waals surface area contributed by atoms with E-state index in [1.807, 2.05) is 13.0 Å². The number of halogens is 1. The Morgan fingerprint density at radius 2 is 2.24 bits per heavy atom. The van der Waals surface area contributed by atoms with E-state index in [2.05, 4.69) is 5.32 Å². The first-order chi connectivity index (χ1) is 8.06. The van der Waals surface area contributed by atoms with Gasteiger partial charge in [-0.25, -0.2) is 4.39 Å². The highest BCUT2D eigenvalue weighted by Crippen LogP contribution is 2.09. The third-order valence-electron chi connectivity index (χ3n) is 2.34. The van der Waals surface area contributed by atoms with Crippen molar-refractivity contribution in [1.29, 1.82) is 5.26 Å². The summed E-state index contributed by atoms with van der Waals surface area (Å²) in [6.45, 7) is 3.65. The number of nitriles is 1. The van der Waals surface area contributed by atoms with Gasteiger partial charge >= 0.3 is 0 Å². The van der Waals surface area contributed by atoms with Gasteiger partial charge in [-0.1, -0.05) is 13.3 Å². The van der Waals surface area contributed by atoms with Gasteiger partial charge in [0.15, 0.2) is 0 Å². The van der Waals surface area contributed by atoms with E-state index in [1.165, 1.54) is 12.1 Å². The molecule has 0 radical (unpaired) electrons. The summed E-state index contributed by atoms with van der Waals surface area (Å²) >= 11 is 0. The van der Waals surface area contributed by atoms with Gasteiger partial charge in [0.05, 0.1) is 6.07 Å². The number of carbonyl (C=O) groups excluding carboxylic acids is 1. The Morgan fingerprint density at radius 1 is 1.53 bits per heavy atom. The molecule has 1 amide bonds. The van der Waals surface area contributed by atoms with E-state index in [-0.39, 0.29) is 5.56 Å². The summed E-state index contributed by atoms with van der Waals surface area (Å²) in [5.41, 5.74) is 0.929. The van der Waals surface area contributed by atoms with Crippen molar-refractivity contribution in [2.45, 2.75) is 32.7 Å². The Bertz CT molecular complexity index is 431. The van der Waals surface area contributed by atoms with Crippen LogP contribution in [0.1, 0.15) is 35.7 Å². The lowest BCUT2D eigenvalue weighted by Gasteiger charge is -2.10. The Hall–Kier alpha value is -1.89. The average molecular weight is 234 g/mol. The van der Waals surface area contributed by atoms with Crippen molar-refractivity contribution < 1.29 is 9.18 Å². The summed E-state index contributed by atoms with van der Waals surface area (Å²) in [6, 6.07) is 5.61. The molecule has 1 N–H and O–H groups in total. The van der Waals surface area contributed by atoms with Crippen molar-refractivity contribution in [3.63, 3.8) is 0 Å². The number of nitrogens with one attached hydrogen (secondary N) is 1. The SMILES string of the molecule is CCCC(C#N)NC(=O)c1cc(C)cc(F)c1. The third kappa shape index (κ3) is 3.87. The molecule has 1 aromatic rings. The van der Waals surface area contributed by atoms with E-state index >= 15 is 0 Å². The molecule has 0 saturated carbocycles. The predicted octanol–water partition coefficient (Wildman–Crippen LogP) is 2.56. The molecule has 1 unspecified atom stereocenters. The van der Waals surface area contributed by atoms with E-state index in [0.29, 0.717) is 12.0 Å². The molecular formula is C13H15FN2O. The predicted molar refractivity (Wildman–Crippen MR) is 62.9 cm³/mol. The summed E-state index contributed by atoms with van der Waals surface area (Å²) in [4.78, 5) is 11.8. The van der Waals surface area contributed by atoms with Gasteiger partial charge in [-0.05, 0) is 37.1 Å². The summed E-state index contributed by atoms with van der Waals surface area (Å²) in [5, 5.41) is 11.4. The van der Waals surface area contributed by atoms with Crippen LogP contribution in [0.4, 0.5) is 4.39 Å². The number of carbonyl (C=O) groups is 1. The van der Waals surface area contributed by atoms with E-state index in [1.54, 1.807) is 13.0 Å². The molecule has 1 atom stereocenters. The second kappa shape index (κ2) is 6.00. The van der Waals surface area contributed by atoms with Crippen molar-refractivity contribution in [2.24, 2.45) is 0 Å². The van der Waals surface area contributed by atoms with Crippen LogP contribution in [0, 0.1) is 24.1 Å². The molecule has 0 aliphatic rings. The minimum absolute atomic E-state index is 0.249. The Kier molecular flexibility index (Phi) is 4.65. The van der Waals surface area contributed by atoms with Crippen LogP contribution in [0.15, 0.2) is 18.2 Å². The van der Waals surface area contributed by atoms with Crippen molar-refractivity contribution in [1.82, 2.24) is 5.32 Å². The summed E-state index contributed by atoms with van der Waals surface area (Å²) in [6.07, 6.45) is 1.40. The van der Waals surface area contributed by atoms with E-state index in [0.717, 1.165) is 6.42 Å². The number of hydrogen-bond acceptors (Lipinski definition) is 2. The maximum absolute atomic E-state index is 13.1. The molecule has 0 aliphatic heterocycles. The molecule has 90 valence electrons. The van der Waals surface area contributed by atoms with E-state index in [4.69, 9.17) is 5.26 Å². The van der Waals surface area contributed by atoms with Gasteiger partial charge in [-0.3, -0.25) is 4.79 Å². The fourth-order valence-corrected chi connectivity index (χ4v) is 1.57. The molecule has 17 heavy (non-hydrogen) atoms. The smallest absolute Gasteiger partial charge is 0.252 e. The van der Waals surface area contributed by atoms with Gasteiger partial charge < -0.3 is 5.32 Å². The van der Waals surface area contributed by atoms with Gasteiger partial charge in [0.1, 0.15) is 11.9 Å². The van der Waals surface area contributed by atoms with E-state index in [9.17, 15) is 9.18 Å². The highest BCUT2D eigenvalue weighted by atomic mass is 19.1. The first-order valence-corrected chi connectivity index (χ1v) is 5.54. The zero-order chi connectivity index (χ0) is 12.8. The molecule has 0 saturated heterocycles. The second-order valence-electron chi connectivity index (χ2n) is 3.96.